The van der Waals surface area contributed by atoms with E-state index < -0.39 is 17.7 Å². The largest absolute Gasteiger partial charge is 0.416 e. The van der Waals surface area contributed by atoms with Crippen LogP contribution < -0.4 is 9.80 Å². The fourth-order valence-electron chi connectivity index (χ4n) is 5.49. The average molecular weight is 494 g/mol. The maximum absolute atomic E-state index is 13.8. The van der Waals surface area contributed by atoms with E-state index in [2.05, 4.69) is 34.1 Å². The second-order valence-corrected chi connectivity index (χ2v) is 9.87. The van der Waals surface area contributed by atoms with Crippen LogP contribution >= 0.6 is 0 Å². The van der Waals surface area contributed by atoms with Crippen molar-refractivity contribution >= 4 is 17.3 Å². The minimum Gasteiger partial charge on any atom is -0.368 e. The van der Waals surface area contributed by atoms with Crippen molar-refractivity contribution in [1.29, 1.82) is 0 Å². The van der Waals surface area contributed by atoms with E-state index in [1.165, 1.54) is 11.6 Å². The molecule has 3 aromatic carbocycles. The lowest BCUT2D eigenvalue weighted by molar-refractivity contribution is -0.137. The molecular formula is C29H30F3N3O. The maximum Gasteiger partial charge on any atom is 0.416 e. The molecule has 5 rings (SSSR count). The van der Waals surface area contributed by atoms with E-state index in [4.69, 9.17) is 0 Å². The summed E-state index contributed by atoms with van der Waals surface area (Å²) in [6.45, 7) is 4.52. The zero-order valence-corrected chi connectivity index (χ0v) is 20.5. The Labute approximate surface area is 209 Å². The van der Waals surface area contributed by atoms with E-state index >= 15 is 0 Å². The first kappa shape index (κ1) is 24.2. The molecule has 2 unspecified atom stereocenters. The van der Waals surface area contributed by atoms with Crippen LogP contribution in [0.3, 0.4) is 0 Å². The summed E-state index contributed by atoms with van der Waals surface area (Å²) in [7, 11) is 1.78. The molecule has 4 nitrogen and oxygen atoms in total. The van der Waals surface area contributed by atoms with Gasteiger partial charge in [0.1, 0.15) is 0 Å². The van der Waals surface area contributed by atoms with Crippen LogP contribution in [0.4, 0.5) is 24.5 Å². The lowest BCUT2D eigenvalue weighted by Crippen LogP contribution is -2.61. The van der Waals surface area contributed by atoms with Crippen molar-refractivity contribution in [2.24, 2.45) is 5.92 Å². The van der Waals surface area contributed by atoms with Crippen molar-refractivity contribution in [1.82, 2.24) is 4.90 Å². The Bertz CT molecular complexity index is 1230. The third kappa shape index (κ3) is 4.79. The Morgan fingerprint density at radius 3 is 2.42 bits per heavy atom. The fourth-order valence-corrected chi connectivity index (χ4v) is 5.49. The molecule has 0 radical (unpaired) electrons. The Morgan fingerprint density at radius 1 is 1.00 bits per heavy atom. The first-order valence-corrected chi connectivity index (χ1v) is 12.3. The van der Waals surface area contributed by atoms with Gasteiger partial charge in [-0.25, -0.2) is 0 Å². The molecule has 2 aliphatic rings. The number of anilines is 2. The molecule has 0 bridgehead atoms. The summed E-state index contributed by atoms with van der Waals surface area (Å²) in [5, 5.41) is 0. The number of hydrogen-bond donors (Lipinski definition) is 0. The topological polar surface area (TPSA) is 26.8 Å². The van der Waals surface area contributed by atoms with Gasteiger partial charge in [0, 0.05) is 44.6 Å². The third-order valence-corrected chi connectivity index (χ3v) is 7.39. The summed E-state index contributed by atoms with van der Waals surface area (Å²) in [6.07, 6.45) is -4.13. The van der Waals surface area contributed by atoms with Gasteiger partial charge in [-0.05, 0) is 54.8 Å². The number of hydrogen-bond acceptors (Lipinski definition) is 3. The van der Waals surface area contributed by atoms with Crippen molar-refractivity contribution in [3.8, 4) is 0 Å². The van der Waals surface area contributed by atoms with Crippen molar-refractivity contribution in [2.45, 2.75) is 32.1 Å². The number of benzene rings is 3. The number of halogens is 3. The van der Waals surface area contributed by atoms with Gasteiger partial charge in [-0.3, -0.25) is 4.79 Å². The second kappa shape index (κ2) is 9.52. The molecular weight excluding hydrogens is 463 g/mol. The number of nitrogens with zero attached hydrogens (tertiary/aromatic N) is 3. The first-order valence-electron chi connectivity index (χ1n) is 12.3. The summed E-state index contributed by atoms with van der Waals surface area (Å²) in [6, 6.07) is 21.9. The van der Waals surface area contributed by atoms with Gasteiger partial charge in [-0.2, -0.15) is 13.2 Å². The van der Waals surface area contributed by atoms with Crippen LogP contribution in [-0.2, 0) is 23.9 Å². The van der Waals surface area contributed by atoms with Crippen LogP contribution in [-0.4, -0.2) is 43.5 Å². The number of piperazine rings is 1. The molecule has 36 heavy (non-hydrogen) atoms. The van der Waals surface area contributed by atoms with Crippen molar-refractivity contribution < 1.29 is 18.0 Å². The summed E-state index contributed by atoms with van der Waals surface area (Å²) >= 11 is 0. The van der Waals surface area contributed by atoms with Crippen molar-refractivity contribution in [3.63, 3.8) is 0 Å². The number of fused-ring (bicyclic) bond motifs is 3. The fraction of sp³-hybridized carbons (Fsp3) is 0.345. The molecule has 1 amide bonds. The molecule has 3 aromatic rings. The van der Waals surface area contributed by atoms with Gasteiger partial charge in [0.15, 0.2) is 0 Å². The monoisotopic (exact) mass is 493 g/mol. The van der Waals surface area contributed by atoms with E-state index in [0.717, 1.165) is 29.5 Å². The van der Waals surface area contributed by atoms with E-state index in [0.29, 0.717) is 31.6 Å². The van der Waals surface area contributed by atoms with Gasteiger partial charge in [-0.15, -0.1) is 0 Å². The molecule has 0 N–H and O–H groups in total. The zero-order chi connectivity index (χ0) is 25.4. The highest BCUT2D eigenvalue weighted by atomic mass is 19.4. The Kier molecular flexibility index (Phi) is 6.41. The maximum atomic E-state index is 13.8. The van der Waals surface area contributed by atoms with Crippen LogP contribution in [0.25, 0.3) is 0 Å². The number of carbonyl (C=O) groups is 1. The Morgan fingerprint density at radius 2 is 1.72 bits per heavy atom. The molecule has 7 heteroatoms. The van der Waals surface area contributed by atoms with Gasteiger partial charge in [0.2, 0.25) is 5.91 Å². The molecule has 2 atom stereocenters. The van der Waals surface area contributed by atoms with Gasteiger partial charge < -0.3 is 14.7 Å². The highest BCUT2D eigenvalue weighted by Crippen LogP contribution is 2.40. The molecule has 2 aliphatic heterocycles. The quantitative estimate of drug-likeness (QED) is 0.478. The van der Waals surface area contributed by atoms with E-state index in [1.54, 1.807) is 18.0 Å². The molecule has 188 valence electrons. The molecule has 0 aliphatic carbocycles. The summed E-state index contributed by atoms with van der Waals surface area (Å²) in [4.78, 5) is 19.9. The van der Waals surface area contributed by atoms with Gasteiger partial charge in [-0.1, -0.05) is 48.0 Å². The number of amides is 1. The van der Waals surface area contributed by atoms with Gasteiger partial charge in [0.05, 0.1) is 17.5 Å². The normalized spacial score (nSPS) is 19.5. The molecule has 2 heterocycles. The van der Waals surface area contributed by atoms with E-state index in [-0.39, 0.29) is 11.9 Å². The lowest BCUT2D eigenvalue weighted by Gasteiger charge is -2.50. The van der Waals surface area contributed by atoms with E-state index in [1.807, 2.05) is 37.3 Å². The predicted octanol–water partition coefficient (Wildman–Crippen LogP) is 5.54. The predicted molar refractivity (Wildman–Crippen MR) is 136 cm³/mol. The van der Waals surface area contributed by atoms with Crippen molar-refractivity contribution in [2.75, 3.05) is 36.5 Å². The summed E-state index contributed by atoms with van der Waals surface area (Å²) in [5.74, 6) is -0.481. The molecule has 0 aromatic heterocycles. The number of carbonyl (C=O) groups excluding carboxylic acids is 1. The second-order valence-electron chi connectivity index (χ2n) is 9.87. The van der Waals surface area contributed by atoms with Crippen LogP contribution in [0.15, 0.2) is 72.8 Å². The number of alkyl halides is 3. The molecule has 1 fully saturated rings. The number of rotatable bonds is 4. The SMILES string of the molecule is Cc1ccc(N2CCN3c4ccc(C(F)(F)F)cc4CC(C(=O)N(C)Cc4ccccc4)C3C2)cc1. The average Bonchev–Trinajstić information content (AvgIpc) is 2.87. The van der Waals surface area contributed by atoms with Gasteiger partial charge in [0.25, 0.3) is 0 Å². The third-order valence-electron chi connectivity index (χ3n) is 7.39. The summed E-state index contributed by atoms with van der Waals surface area (Å²) < 4.78 is 40.5. The van der Waals surface area contributed by atoms with Crippen LogP contribution in [0.1, 0.15) is 22.3 Å². The summed E-state index contributed by atoms with van der Waals surface area (Å²) in [5.41, 5.74) is 4.04. The molecule has 0 spiro atoms. The lowest BCUT2D eigenvalue weighted by atomic mass is 9.82. The number of aryl methyl sites for hydroxylation is 1. The highest BCUT2D eigenvalue weighted by molar-refractivity contribution is 5.82. The minimum absolute atomic E-state index is 0.0392. The Hall–Kier alpha value is -3.48. The van der Waals surface area contributed by atoms with Crippen LogP contribution in [0, 0.1) is 12.8 Å². The Balaban J connectivity index is 1.47. The zero-order valence-electron chi connectivity index (χ0n) is 20.5. The van der Waals surface area contributed by atoms with Crippen LogP contribution in [0.5, 0.6) is 0 Å². The van der Waals surface area contributed by atoms with E-state index in [9.17, 15) is 18.0 Å². The first-order chi connectivity index (χ1) is 17.2. The van der Waals surface area contributed by atoms with Crippen LogP contribution in [0.2, 0.25) is 0 Å². The molecule has 0 saturated carbocycles. The highest BCUT2D eigenvalue weighted by Gasteiger charge is 2.43. The minimum atomic E-state index is -4.42. The standard InChI is InChI=1S/C29H30F3N3O/c1-20-8-11-24(12-9-20)34-14-15-35-26-13-10-23(29(30,31)32)16-22(26)17-25(27(35)19-34)28(36)33(2)18-21-6-4-3-5-7-21/h3-13,16,25,27H,14-15,17-19H2,1-2H3. The van der Waals surface area contributed by atoms with Crippen molar-refractivity contribution in [3.05, 3.63) is 95.1 Å². The van der Waals surface area contributed by atoms with Gasteiger partial charge >= 0.3 is 6.18 Å². The smallest absolute Gasteiger partial charge is 0.368 e. The molecule has 1 saturated heterocycles.